The van der Waals surface area contributed by atoms with Crippen LogP contribution in [0.2, 0.25) is 10.0 Å². The van der Waals surface area contributed by atoms with Gasteiger partial charge in [-0.2, -0.15) is 5.10 Å². The van der Waals surface area contributed by atoms with Gasteiger partial charge < -0.3 is 24.3 Å². The number of nitrogens with one attached hydrogen (secondary N) is 2. The van der Waals surface area contributed by atoms with Crippen molar-refractivity contribution in [2.45, 2.75) is 6.42 Å². The normalized spacial score (nSPS) is 13.6. The van der Waals surface area contributed by atoms with Gasteiger partial charge in [-0.1, -0.05) is 23.2 Å². The van der Waals surface area contributed by atoms with Crippen LogP contribution in [-0.2, 0) is 4.74 Å². The molecule has 230 valence electrons. The molecular weight excluding hydrogens is 612 g/mol. The minimum atomic E-state index is -0.624. The molecule has 0 unspecified atom stereocenters. The first kappa shape index (κ1) is 31.3. The molecule has 0 aliphatic carbocycles. The number of anilines is 1. The first-order valence-electron chi connectivity index (χ1n) is 13.8. The minimum absolute atomic E-state index is 0.000549. The standard InChI is InChI=1S/C31H30Cl2FN5O5/c1-41-29-17-24-26(18-30(29)43-10-2-7-39-8-11-42-12-9-39)35-6-5-27(24)44-28-4-3-20(13-25(28)34)19-36-38-31(40)37-23-15-21(32)14-22(33)16-23/h3-6,13-19H,2,7-12H2,1H3,(H2,37,38,40)/b36-19+. The van der Waals surface area contributed by atoms with Crippen LogP contribution < -0.4 is 25.0 Å². The Labute approximate surface area is 263 Å². The molecule has 0 atom stereocenters. The number of hydrogen-bond acceptors (Lipinski definition) is 8. The van der Waals surface area contributed by atoms with Crippen LogP contribution in [0.25, 0.3) is 10.9 Å². The number of amides is 2. The Morgan fingerprint density at radius 2 is 1.84 bits per heavy atom. The molecule has 0 saturated carbocycles. The van der Waals surface area contributed by atoms with Crippen LogP contribution in [0.3, 0.4) is 0 Å². The predicted molar refractivity (Wildman–Crippen MR) is 168 cm³/mol. The average molecular weight is 643 g/mol. The van der Waals surface area contributed by atoms with Gasteiger partial charge in [0.1, 0.15) is 5.75 Å². The summed E-state index contributed by atoms with van der Waals surface area (Å²) in [5, 5.41) is 7.78. The van der Waals surface area contributed by atoms with Gasteiger partial charge >= 0.3 is 6.03 Å². The molecule has 1 aliphatic rings. The Hall–Kier alpha value is -4.16. The molecule has 13 heteroatoms. The number of pyridine rings is 1. The van der Waals surface area contributed by atoms with Crippen LogP contribution >= 0.6 is 23.2 Å². The summed E-state index contributed by atoms with van der Waals surface area (Å²) in [5.41, 5.74) is 3.71. The highest BCUT2D eigenvalue weighted by Crippen LogP contribution is 2.37. The molecular formula is C31H30Cl2FN5O5. The highest BCUT2D eigenvalue weighted by atomic mass is 35.5. The lowest BCUT2D eigenvalue weighted by Gasteiger charge is -2.26. The quantitative estimate of drug-likeness (QED) is 0.106. The van der Waals surface area contributed by atoms with Crippen LogP contribution in [0, 0.1) is 5.82 Å². The Morgan fingerprint density at radius 3 is 2.59 bits per heavy atom. The summed E-state index contributed by atoms with van der Waals surface area (Å²) in [6.07, 6.45) is 3.74. The van der Waals surface area contributed by atoms with Gasteiger partial charge in [0.25, 0.3) is 0 Å². The predicted octanol–water partition coefficient (Wildman–Crippen LogP) is 6.74. The first-order chi connectivity index (χ1) is 21.4. The van der Waals surface area contributed by atoms with Crippen LogP contribution in [0.15, 0.2) is 65.9 Å². The van der Waals surface area contributed by atoms with E-state index >= 15 is 4.39 Å². The monoisotopic (exact) mass is 641 g/mol. The molecule has 2 amide bonds. The van der Waals surface area contributed by atoms with Gasteiger partial charge in [-0.25, -0.2) is 14.6 Å². The topological polar surface area (TPSA) is 107 Å². The second-order valence-electron chi connectivity index (χ2n) is 9.76. The van der Waals surface area contributed by atoms with E-state index in [4.69, 9.17) is 42.1 Å². The van der Waals surface area contributed by atoms with Gasteiger partial charge in [0.2, 0.25) is 0 Å². The van der Waals surface area contributed by atoms with Crippen molar-refractivity contribution in [2.75, 3.05) is 51.9 Å². The van der Waals surface area contributed by atoms with E-state index in [2.05, 4.69) is 25.7 Å². The van der Waals surface area contributed by atoms with Crippen molar-refractivity contribution >= 4 is 52.0 Å². The van der Waals surface area contributed by atoms with E-state index in [1.165, 1.54) is 30.5 Å². The number of methoxy groups -OCH3 is 1. The summed E-state index contributed by atoms with van der Waals surface area (Å²) >= 11 is 11.9. The molecule has 0 bridgehead atoms. The van der Waals surface area contributed by atoms with E-state index in [1.807, 2.05) is 0 Å². The third-order valence-corrected chi connectivity index (χ3v) is 7.08. The van der Waals surface area contributed by atoms with Gasteiger partial charge in [-0.3, -0.25) is 9.88 Å². The van der Waals surface area contributed by atoms with Gasteiger partial charge in [0.05, 0.1) is 38.7 Å². The summed E-state index contributed by atoms with van der Waals surface area (Å²) in [7, 11) is 1.56. The molecule has 5 rings (SSSR count). The van der Waals surface area contributed by atoms with Gasteiger partial charge in [0, 0.05) is 53.0 Å². The Bertz CT molecular complexity index is 1630. The Kier molecular flexibility index (Phi) is 10.7. The maximum atomic E-state index is 15.0. The summed E-state index contributed by atoms with van der Waals surface area (Å²) < 4.78 is 38.0. The number of benzene rings is 3. The van der Waals surface area contributed by atoms with Gasteiger partial charge in [-0.05, 0) is 60.5 Å². The first-order valence-corrected chi connectivity index (χ1v) is 14.6. The number of hydrogen-bond donors (Lipinski definition) is 2. The minimum Gasteiger partial charge on any atom is -0.493 e. The molecule has 4 aromatic rings. The van der Waals surface area contributed by atoms with Crippen molar-refractivity contribution in [1.29, 1.82) is 0 Å². The van der Waals surface area contributed by atoms with E-state index in [-0.39, 0.29) is 5.75 Å². The molecule has 0 radical (unpaired) electrons. The molecule has 1 aromatic heterocycles. The van der Waals surface area contributed by atoms with E-state index in [0.29, 0.717) is 56.1 Å². The van der Waals surface area contributed by atoms with Crippen molar-refractivity contribution in [1.82, 2.24) is 15.3 Å². The van der Waals surface area contributed by atoms with Crippen molar-refractivity contribution in [2.24, 2.45) is 5.10 Å². The van der Waals surface area contributed by atoms with Crippen molar-refractivity contribution in [3.63, 3.8) is 0 Å². The fourth-order valence-corrected chi connectivity index (χ4v) is 5.06. The van der Waals surface area contributed by atoms with Crippen LogP contribution in [-0.4, -0.2) is 68.7 Å². The lowest BCUT2D eigenvalue weighted by atomic mass is 10.1. The number of rotatable bonds is 11. The summed E-state index contributed by atoms with van der Waals surface area (Å²) in [6, 6.07) is 13.5. The highest BCUT2D eigenvalue weighted by molar-refractivity contribution is 6.35. The number of ether oxygens (including phenoxy) is 4. The fraction of sp³-hybridized carbons (Fsp3) is 0.258. The smallest absolute Gasteiger partial charge is 0.339 e. The van der Waals surface area contributed by atoms with E-state index in [0.717, 1.165) is 39.3 Å². The molecule has 1 saturated heterocycles. The zero-order valence-electron chi connectivity index (χ0n) is 23.8. The second-order valence-corrected chi connectivity index (χ2v) is 10.6. The molecule has 3 aromatic carbocycles. The number of carbonyl (C=O) groups is 1. The Balaban J connectivity index is 1.21. The largest absolute Gasteiger partial charge is 0.493 e. The molecule has 2 N–H and O–H groups in total. The summed E-state index contributed by atoms with van der Waals surface area (Å²) in [5.74, 6) is 0.862. The van der Waals surface area contributed by atoms with Crippen LogP contribution in [0.5, 0.6) is 23.0 Å². The number of halogens is 3. The van der Waals surface area contributed by atoms with Crippen molar-refractivity contribution in [3.8, 4) is 23.0 Å². The second kappa shape index (κ2) is 15.0. The molecule has 0 spiro atoms. The number of fused-ring (bicyclic) bond motifs is 1. The third kappa shape index (κ3) is 8.48. The number of urea groups is 1. The maximum Gasteiger partial charge on any atom is 0.339 e. The summed E-state index contributed by atoms with van der Waals surface area (Å²) in [6.45, 7) is 4.84. The Morgan fingerprint density at radius 1 is 1.05 bits per heavy atom. The van der Waals surface area contributed by atoms with E-state index in [9.17, 15) is 4.79 Å². The van der Waals surface area contributed by atoms with Crippen molar-refractivity contribution < 1.29 is 28.1 Å². The van der Waals surface area contributed by atoms with Crippen LogP contribution in [0.4, 0.5) is 14.9 Å². The lowest BCUT2D eigenvalue weighted by Crippen LogP contribution is -2.37. The van der Waals surface area contributed by atoms with E-state index < -0.39 is 11.8 Å². The van der Waals surface area contributed by atoms with Gasteiger partial charge in [0.15, 0.2) is 23.1 Å². The van der Waals surface area contributed by atoms with E-state index in [1.54, 1.807) is 43.6 Å². The maximum absolute atomic E-state index is 15.0. The number of hydrazone groups is 1. The molecule has 10 nitrogen and oxygen atoms in total. The number of carbonyl (C=O) groups excluding carboxylic acids is 1. The number of morpholine rings is 1. The molecule has 1 aliphatic heterocycles. The lowest BCUT2D eigenvalue weighted by molar-refractivity contribution is 0.0357. The zero-order valence-corrected chi connectivity index (χ0v) is 25.3. The average Bonchev–Trinajstić information content (AvgIpc) is 3.00. The fourth-order valence-electron chi connectivity index (χ4n) is 4.53. The molecule has 2 heterocycles. The van der Waals surface area contributed by atoms with Crippen LogP contribution in [0.1, 0.15) is 12.0 Å². The highest BCUT2D eigenvalue weighted by Gasteiger charge is 2.15. The SMILES string of the molecule is COc1cc2c(Oc3ccc(/C=N/NC(=O)Nc4cc(Cl)cc(Cl)c4)cc3F)ccnc2cc1OCCCN1CCOCC1. The molecule has 44 heavy (non-hydrogen) atoms. The van der Waals surface area contributed by atoms with Crippen molar-refractivity contribution in [3.05, 3.63) is 82.2 Å². The summed E-state index contributed by atoms with van der Waals surface area (Å²) in [4.78, 5) is 18.9. The van der Waals surface area contributed by atoms with Gasteiger partial charge in [-0.15, -0.1) is 0 Å². The molecule has 1 fully saturated rings. The number of nitrogens with zero attached hydrogens (tertiary/aromatic N) is 3. The number of aromatic nitrogens is 1. The zero-order chi connectivity index (χ0) is 30.9. The third-order valence-electron chi connectivity index (χ3n) is 6.64.